The van der Waals surface area contributed by atoms with Crippen molar-refractivity contribution in [2.75, 3.05) is 19.7 Å². The molecule has 0 aromatic heterocycles. The van der Waals surface area contributed by atoms with Crippen molar-refractivity contribution in [2.24, 2.45) is 5.92 Å². The normalized spacial score (nSPS) is 13.4. The van der Waals surface area contributed by atoms with Crippen LogP contribution in [0.15, 0.2) is 24.3 Å². The number of nitrogens with one attached hydrogen (secondary N) is 1. The summed E-state index contributed by atoms with van der Waals surface area (Å²) in [6, 6.07) is 6.81. The maximum atomic E-state index is 12.9. The Hall–Kier alpha value is -0.930. The highest BCUT2D eigenvalue weighted by Gasteiger charge is 2.14. The fourth-order valence-corrected chi connectivity index (χ4v) is 2.11. The molecule has 2 nitrogen and oxygen atoms in total. The molecule has 0 bridgehead atoms. The second-order valence-corrected chi connectivity index (χ2v) is 6.25. The van der Waals surface area contributed by atoms with Gasteiger partial charge < -0.3 is 10.1 Å². The third kappa shape index (κ3) is 7.61. The SMILES string of the molecule is CCNCC(CCOC(C)(C)C)Cc1ccc(F)cc1. The highest BCUT2D eigenvalue weighted by Crippen LogP contribution is 2.15. The Kier molecular flexibility index (Phi) is 7.17. The van der Waals surface area contributed by atoms with E-state index in [-0.39, 0.29) is 11.4 Å². The number of hydrogen-bond donors (Lipinski definition) is 1. The van der Waals surface area contributed by atoms with Gasteiger partial charge in [-0.3, -0.25) is 0 Å². The van der Waals surface area contributed by atoms with Gasteiger partial charge in [0.05, 0.1) is 5.60 Å². The largest absolute Gasteiger partial charge is 0.376 e. The molecule has 1 N–H and O–H groups in total. The standard InChI is InChI=1S/C17H28FNO/c1-5-19-13-15(10-11-20-17(2,3)4)12-14-6-8-16(18)9-7-14/h6-9,15,19H,5,10-13H2,1-4H3. The quantitative estimate of drug-likeness (QED) is 0.782. The Morgan fingerprint density at radius 3 is 2.40 bits per heavy atom. The molecule has 0 saturated carbocycles. The molecule has 1 rings (SSSR count). The van der Waals surface area contributed by atoms with E-state index in [1.165, 1.54) is 17.7 Å². The fourth-order valence-electron chi connectivity index (χ4n) is 2.11. The van der Waals surface area contributed by atoms with Crippen molar-refractivity contribution in [3.63, 3.8) is 0 Å². The highest BCUT2D eigenvalue weighted by molar-refractivity contribution is 5.16. The molecule has 1 aromatic carbocycles. The zero-order valence-corrected chi connectivity index (χ0v) is 13.2. The van der Waals surface area contributed by atoms with E-state index >= 15 is 0 Å². The van der Waals surface area contributed by atoms with Gasteiger partial charge in [-0.1, -0.05) is 19.1 Å². The molecule has 1 aromatic rings. The number of halogens is 1. The van der Waals surface area contributed by atoms with Crippen LogP contribution in [0, 0.1) is 11.7 Å². The van der Waals surface area contributed by atoms with Crippen molar-refractivity contribution >= 4 is 0 Å². The molecule has 0 aliphatic rings. The summed E-state index contributed by atoms with van der Waals surface area (Å²) in [5, 5.41) is 3.40. The summed E-state index contributed by atoms with van der Waals surface area (Å²) in [4.78, 5) is 0. The lowest BCUT2D eigenvalue weighted by atomic mass is 9.96. The van der Waals surface area contributed by atoms with Crippen LogP contribution in [0.1, 0.15) is 39.7 Å². The zero-order valence-electron chi connectivity index (χ0n) is 13.2. The topological polar surface area (TPSA) is 21.3 Å². The van der Waals surface area contributed by atoms with Gasteiger partial charge in [-0.05, 0) is 70.3 Å². The summed E-state index contributed by atoms with van der Waals surface area (Å²) in [5.74, 6) is 0.343. The summed E-state index contributed by atoms with van der Waals surface area (Å²) < 4.78 is 18.7. The van der Waals surface area contributed by atoms with Crippen molar-refractivity contribution in [3.8, 4) is 0 Å². The minimum absolute atomic E-state index is 0.0847. The van der Waals surface area contributed by atoms with E-state index in [1.54, 1.807) is 0 Å². The van der Waals surface area contributed by atoms with Gasteiger partial charge in [0.2, 0.25) is 0 Å². The second-order valence-electron chi connectivity index (χ2n) is 6.25. The Morgan fingerprint density at radius 2 is 1.85 bits per heavy atom. The first-order valence-electron chi connectivity index (χ1n) is 7.50. The van der Waals surface area contributed by atoms with E-state index in [0.29, 0.717) is 5.92 Å². The van der Waals surface area contributed by atoms with E-state index in [9.17, 15) is 4.39 Å². The van der Waals surface area contributed by atoms with E-state index < -0.39 is 0 Å². The number of benzene rings is 1. The van der Waals surface area contributed by atoms with Gasteiger partial charge in [0, 0.05) is 6.61 Å². The van der Waals surface area contributed by atoms with Crippen molar-refractivity contribution < 1.29 is 9.13 Å². The fraction of sp³-hybridized carbons (Fsp3) is 0.647. The van der Waals surface area contributed by atoms with E-state index in [1.807, 2.05) is 12.1 Å². The van der Waals surface area contributed by atoms with Gasteiger partial charge in [-0.15, -0.1) is 0 Å². The van der Waals surface area contributed by atoms with Gasteiger partial charge >= 0.3 is 0 Å². The summed E-state index contributed by atoms with van der Waals surface area (Å²) in [7, 11) is 0. The van der Waals surface area contributed by atoms with Crippen LogP contribution in [-0.4, -0.2) is 25.3 Å². The summed E-state index contributed by atoms with van der Waals surface area (Å²) in [6.45, 7) is 11.0. The predicted octanol–water partition coefficient (Wildman–Crippen LogP) is 3.80. The first-order chi connectivity index (χ1) is 9.40. The third-order valence-electron chi connectivity index (χ3n) is 3.18. The van der Waals surface area contributed by atoms with Crippen molar-refractivity contribution in [3.05, 3.63) is 35.6 Å². The van der Waals surface area contributed by atoms with Crippen LogP contribution in [0.4, 0.5) is 4.39 Å². The molecule has 0 amide bonds. The lowest BCUT2D eigenvalue weighted by molar-refractivity contribution is -0.00918. The molecule has 0 fully saturated rings. The van der Waals surface area contributed by atoms with Gasteiger partial charge in [-0.2, -0.15) is 0 Å². The maximum absolute atomic E-state index is 12.9. The van der Waals surface area contributed by atoms with Gasteiger partial charge in [0.15, 0.2) is 0 Å². The van der Waals surface area contributed by atoms with Crippen molar-refractivity contribution in [2.45, 2.75) is 46.1 Å². The molecule has 1 atom stereocenters. The van der Waals surface area contributed by atoms with Crippen LogP contribution in [0.2, 0.25) is 0 Å². The average molecular weight is 281 g/mol. The lowest BCUT2D eigenvalue weighted by Crippen LogP contribution is -2.27. The molecule has 0 saturated heterocycles. The Morgan fingerprint density at radius 1 is 1.20 bits per heavy atom. The van der Waals surface area contributed by atoms with Crippen LogP contribution in [0.3, 0.4) is 0 Å². The Labute approximate surface area is 122 Å². The molecule has 114 valence electrons. The van der Waals surface area contributed by atoms with Crippen LogP contribution in [-0.2, 0) is 11.2 Å². The number of rotatable bonds is 8. The van der Waals surface area contributed by atoms with Crippen LogP contribution in [0.5, 0.6) is 0 Å². The molecule has 0 spiro atoms. The van der Waals surface area contributed by atoms with Crippen LogP contribution in [0.25, 0.3) is 0 Å². The molecule has 0 aliphatic carbocycles. The first kappa shape index (κ1) is 17.1. The van der Waals surface area contributed by atoms with E-state index in [0.717, 1.165) is 32.5 Å². The van der Waals surface area contributed by atoms with Crippen LogP contribution < -0.4 is 5.32 Å². The Bertz CT molecular complexity index is 370. The zero-order chi connectivity index (χ0) is 15.0. The molecule has 20 heavy (non-hydrogen) atoms. The number of hydrogen-bond acceptors (Lipinski definition) is 2. The molecule has 1 unspecified atom stereocenters. The summed E-state index contributed by atoms with van der Waals surface area (Å²) >= 11 is 0. The van der Waals surface area contributed by atoms with Gasteiger partial charge in [0.25, 0.3) is 0 Å². The monoisotopic (exact) mass is 281 g/mol. The average Bonchev–Trinajstić information content (AvgIpc) is 2.37. The van der Waals surface area contributed by atoms with Gasteiger partial charge in [0.1, 0.15) is 5.82 Å². The third-order valence-corrected chi connectivity index (χ3v) is 3.18. The highest BCUT2D eigenvalue weighted by atomic mass is 19.1. The van der Waals surface area contributed by atoms with E-state index in [2.05, 4.69) is 33.0 Å². The second kappa shape index (κ2) is 8.38. The maximum Gasteiger partial charge on any atom is 0.123 e. The molecular weight excluding hydrogens is 253 g/mol. The predicted molar refractivity (Wildman–Crippen MR) is 82.5 cm³/mol. The molecule has 0 radical (unpaired) electrons. The molecule has 0 aliphatic heterocycles. The molecular formula is C17H28FNO. The summed E-state index contributed by atoms with van der Waals surface area (Å²) in [5.41, 5.74) is 1.10. The Balaban J connectivity index is 2.48. The summed E-state index contributed by atoms with van der Waals surface area (Å²) in [6.07, 6.45) is 1.97. The first-order valence-corrected chi connectivity index (χ1v) is 7.50. The minimum atomic E-state index is -0.173. The van der Waals surface area contributed by atoms with E-state index in [4.69, 9.17) is 4.74 Å². The smallest absolute Gasteiger partial charge is 0.123 e. The lowest BCUT2D eigenvalue weighted by Gasteiger charge is -2.23. The minimum Gasteiger partial charge on any atom is -0.376 e. The van der Waals surface area contributed by atoms with Crippen molar-refractivity contribution in [1.82, 2.24) is 5.32 Å². The van der Waals surface area contributed by atoms with Crippen molar-refractivity contribution in [1.29, 1.82) is 0 Å². The van der Waals surface area contributed by atoms with Crippen LogP contribution >= 0.6 is 0 Å². The van der Waals surface area contributed by atoms with Gasteiger partial charge in [-0.25, -0.2) is 4.39 Å². The molecule has 3 heteroatoms. The number of ether oxygens (including phenoxy) is 1. The molecule has 0 heterocycles.